The molecule has 2 aromatic carbocycles. The summed E-state index contributed by atoms with van der Waals surface area (Å²) >= 11 is 0. The van der Waals surface area contributed by atoms with Gasteiger partial charge in [-0.25, -0.2) is 19.6 Å². The second kappa shape index (κ2) is 17.6. The summed E-state index contributed by atoms with van der Waals surface area (Å²) in [6.45, 7) is 4.89. The highest BCUT2D eigenvalue weighted by Gasteiger charge is 2.39. The van der Waals surface area contributed by atoms with Crippen LogP contribution in [0.2, 0.25) is 0 Å². The minimum atomic E-state index is -0.895. The second-order valence-corrected chi connectivity index (χ2v) is 15.6. The van der Waals surface area contributed by atoms with Crippen LogP contribution in [0, 0.1) is 5.92 Å². The van der Waals surface area contributed by atoms with Crippen LogP contribution in [-0.2, 0) is 19.1 Å². The lowest BCUT2D eigenvalue weighted by Gasteiger charge is -2.30. The molecule has 61 heavy (non-hydrogen) atoms. The average molecular weight is 825 g/mol. The van der Waals surface area contributed by atoms with Gasteiger partial charge in [-0.15, -0.1) is 0 Å². The molecule has 6 aromatic rings. The van der Waals surface area contributed by atoms with Gasteiger partial charge >= 0.3 is 12.2 Å². The molecule has 0 aliphatic carbocycles. The van der Waals surface area contributed by atoms with E-state index in [9.17, 15) is 19.2 Å². The van der Waals surface area contributed by atoms with E-state index < -0.39 is 24.3 Å². The number of hydrogen-bond donors (Lipinski definition) is 4. The number of ether oxygens (including phenoxy) is 2. The van der Waals surface area contributed by atoms with Crippen LogP contribution in [0.5, 0.6) is 0 Å². The molecule has 0 spiro atoms. The van der Waals surface area contributed by atoms with E-state index in [1.807, 2.05) is 93.0 Å². The van der Waals surface area contributed by atoms with Crippen molar-refractivity contribution in [3.8, 4) is 33.8 Å². The van der Waals surface area contributed by atoms with Crippen molar-refractivity contribution in [1.29, 1.82) is 0 Å². The van der Waals surface area contributed by atoms with E-state index in [4.69, 9.17) is 24.4 Å². The Labute approximate surface area is 352 Å². The Bertz CT molecular complexity index is 2540. The van der Waals surface area contributed by atoms with Gasteiger partial charge in [-0.2, -0.15) is 0 Å². The number of rotatable bonds is 11. The maximum atomic E-state index is 13.9. The second-order valence-electron chi connectivity index (χ2n) is 15.6. The van der Waals surface area contributed by atoms with Crippen molar-refractivity contribution < 1.29 is 28.7 Å². The van der Waals surface area contributed by atoms with Crippen LogP contribution in [0.1, 0.15) is 74.9 Å². The third-order valence-electron chi connectivity index (χ3n) is 11.5. The number of hydrogen-bond acceptors (Lipinski definition) is 10. The molecule has 2 aliphatic rings. The summed E-state index contributed by atoms with van der Waals surface area (Å²) in [7, 11) is 2.56. The molecule has 0 radical (unpaired) electrons. The number of fused-ring (bicyclic) bond motifs is 1. The smallest absolute Gasteiger partial charge is 0.407 e. The van der Waals surface area contributed by atoms with Crippen molar-refractivity contribution >= 4 is 34.9 Å². The third kappa shape index (κ3) is 8.51. The van der Waals surface area contributed by atoms with Gasteiger partial charge in [-0.3, -0.25) is 19.6 Å². The van der Waals surface area contributed by atoms with Gasteiger partial charge in [0.15, 0.2) is 0 Å². The predicted octanol–water partition coefficient (Wildman–Crippen LogP) is 6.88. The van der Waals surface area contributed by atoms with Crippen molar-refractivity contribution in [2.45, 2.75) is 63.7 Å². The SMILES string of the molecule is COC(=O)N[C@H](C(=O)N1CCC[C@H]1c1ncc(-c2ccc(-c3ccc4cc(-c5c[nH]c(C6CCCN6C(=O)[C@H](NC(=O)OC)c6ccccc6)n5)cnc4c3)cn2)[nH]1)C(C)C. The normalized spacial score (nSPS) is 17.3. The Morgan fingerprint density at radius 2 is 1.41 bits per heavy atom. The molecule has 1 unspecified atom stereocenters. The Morgan fingerprint density at radius 1 is 0.721 bits per heavy atom. The van der Waals surface area contributed by atoms with E-state index in [1.165, 1.54) is 14.2 Å². The van der Waals surface area contributed by atoms with Crippen LogP contribution in [0.4, 0.5) is 9.59 Å². The molecule has 0 bridgehead atoms. The number of carbonyl (C=O) groups excluding carboxylic acids is 4. The average Bonchev–Trinajstić information content (AvgIpc) is 4.14. The standard InChI is InChI=1S/C45H48N10O6/c1-26(2)38(52-44(58)60-3)42(56)54-18-8-13-37(54)41-49-25-35(51-41)32-17-16-30(22-46-32)28-14-15-29-20-31(23-47-33(29)21-28)34-24-48-40(50-34)36-12-9-19-55(36)43(57)39(53-45(59)61-4)27-10-6-5-7-11-27/h5-7,10-11,14-17,20-26,36-39H,8-9,12-13,18-19H2,1-4H3,(H,48,50)(H,49,51)(H,52,58)(H,53,59)/t36?,37-,38-,39+/m0/s1. The number of nitrogens with zero attached hydrogens (tertiary/aromatic N) is 6. The van der Waals surface area contributed by atoms with E-state index in [2.05, 4.69) is 25.6 Å². The molecule has 4 atom stereocenters. The van der Waals surface area contributed by atoms with Crippen LogP contribution in [0.15, 0.2) is 91.5 Å². The molecular formula is C45H48N10O6. The van der Waals surface area contributed by atoms with Gasteiger partial charge < -0.3 is 39.9 Å². The fraction of sp³-hybridized carbons (Fsp3) is 0.333. The number of benzene rings is 2. The summed E-state index contributed by atoms with van der Waals surface area (Å²) in [5, 5.41) is 6.34. The number of alkyl carbamates (subject to hydrolysis) is 2. The highest BCUT2D eigenvalue weighted by Crippen LogP contribution is 2.36. The zero-order valence-electron chi connectivity index (χ0n) is 34.4. The lowest BCUT2D eigenvalue weighted by molar-refractivity contribution is -0.135. The maximum absolute atomic E-state index is 13.9. The van der Waals surface area contributed by atoms with Gasteiger partial charge in [-0.05, 0) is 60.9 Å². The van der Waals surface area contributed by atoms with Crippen LogP contribution in [-0.4, -0.2) is 97.1 Å². The molecule has 314 valence electrons. The Kier molecular flexibility index (Phi) is 11.8. The molecule has 2 fully saturated rings. The number of methoxy groups -OCH3 is 2. The summed E-state index contributed by atoms with van der Waals surface area (Å²) in [5.41, 5.74) is 6.36. The molecule has 4 N–H and O–H groups in total. The zero-order chi connectivity index (χ0) is 42.6. The molecule has 2 aliphatic heterocycles. The first-order valence-corrected chi connectivity index (χ1v) is 20.4. The topological polar surface area (TPSA) is 200 Å². The quantitative estimate of drug-likeness (QED) is 0.107. The summed E-state index contributed by atoms with van der Waals surface area (Å²) < 4.78 is 9.58. The molecule has 6 heterocycles. The van der Waals surface area contributed by atoms with Crippen molar-refractivity contribution in [3.63, 3.8) is 0 Å². The van der Waals surface area contributed by atoms with Gasteiger partial charge in [0.1, 0.15) is 23.7 Å². The molecule has 16 nitrogen and oxygen atoms in total. The first-order chi connectivity index (χ1) is 29.6. The summed E-state index contributed by atoms with van der Waals surface area (Å²) in [4.78, 5) is 81.0. The molecule has 2 saturated heterocycles. The summed E-state index contributed by atoms with van der Waals surface area (Å²) in [6, 6.07) is 19.1. The number of pyridine rings is 2. The number of carbonyl (C=O) groups is 4. The number of nitrogens with one attached hydrogen (secondary N) is 4. The van der Waals surface area contributed by atoms with Crippen LogP contribution in [0.3, 0.4) is 0 Å². The van der Waals surface area contributed by atoms with E-state index >= 15 is 0 Å². The first-order valence-electron chi connectivity index (χ1n) is 20.4. The van der Waals surface area contributed by atoms with Crippen molar-refractivity contribution in [1.82, 2.24) is 50.3 Å². The highest BCUT2D eigenvalue weighted by atomic mass is 16.5. The lowest BCUT2D eigenvalue weighted by Crippen LogP contribution is -2.51. The molecule has 16 heteroatoms. The Morgan fingerprint density at radius 3 is 2.11 bits per heavy atom. The molecule has 4 aromatic heterocycles. The van der Waals surface area contributed by atoms with Crippen molar-refractivity contribution in [2.75, 3.05) is 27.3 Å². The minimum Gasteiger partial charge on any atom is -0.453 e. The van der Waals surface area contributed by atoms with E-state index in [1.54, 1.807) is 22.2 Å². The minimum absolute atomic E-state index is 0.121. The fourth-order valence-corrected chi connectivity index (χ4v) is 8.24. The number of H-pyrrole nitrogens is 2. The molecule has 4 amide bonds. The Hall–Kier alpha value is -7.10. The van der Waals surface area contributed by atoms with Crippen LogP contribution in [0.25, 0.3) is 44.7 Å². The van der Waals surface area contributed by atoms with Gasteiger partial charge in [-0.1, -0.05) is 62.4 Å². The molecule has 8 rings (SSSR count). The lowest BCUT2D eigenvalue weighted by atomic mass is 10.0. The van der Waals surface area contributed by atoms with Crippen molar-refractivity contribution in [2.24, 2.45) is 5.92 Å². The number of aromatic amines is 2. The van der Waals surface area contributed by atoms with Gasteiger partial charge in [0.2, 0.25) is 5.91 Å². The predicted molar refractivity (Wildman–Crippen MR) is 226 cm³/mol. The summed E-state index contributed by atoms with van der Waals surface area (Å²) in [5.74, 6) is 0.838. The molecule has 0 saturated carbocycles. The number of aromatic nitrogens is 6. The van der Waals surface area contributed by atoms with Gasteiger partial charge in [0.25, 0.3) is 5.91 Å². The monoisotopic (exact) mass is 824 g/mol. The molecular weight excluding hydrogens is 777 g/mol. The van der Waals surface area contributed by atoms with E-state index in [-0.39, 0.29) is 29.8 Å². The zero-order valence-corrected chi connectivity index (χ0v) is 34.4. The number of imidazole rings is 2. The summed E-state index contributed by atoms with van der Waals surface area (Å²) in [6.07, 6.45) is 8.98. The Balaban J connectivity index is 0.943. The van der Waals surface area contributed by atoms with E-state index in [0.29, 0.717) is 41.7 Å². The third-order valence-corrected chi connectivity index (χ3v) is 11.5. The van der Waals surface area contributed by atoms with Gasteiger partial charge in [0, 0.05) is 48.2 Å². The van der Waals surface area contributed by atoms with Crippen LogP contribution >= 0.6 is 0 Å². The number of amides is 4. The maximum Gasteiger partial charge on any atom is 0.407 e. The van der Waals surface area contributed by atoms with Crippen LogP contribution < -0.4 is 10.6 Å². The van der Waals surface area contributed by atoms with Crippen molar-refractivity contribution in [3.05, 3.63) is 109 Å². The van der Waals surface area contributed by atoms with E-state index in [0.717, 1.165) is 59.0 Å². The first kappa shape index (κ1) is 40.7. The largest absolute Gasteiger partial charge is 0.453 e. The highest BCUT2D eigenvalue weighted by molar-refractivity contribution is 5.89. The number of likely N-dealkylation sites (tertiary alicyclic amines) is 2. The van der Waals surface area contributed by atoms with Gasteiger partial charge in [0.05, 0.1) is 55.1 Å². The fourth-order valence-electron chi connectivity index (χ4n) is 8.24.